The zero-order valence-corrected chi connectivity index (χ0v) is 12.8. The summed E-state index contributed by atoms with van der Waals surface area (Å²) in [6.45, 7) is 8.34. The molecular formula is C17H22N2O. The number of ether oxygens (including phenoxy) is 1. The Hall–Kier alpha value is -1.87. The number of aromatic nitrogens is 1. The average Bonchev–Trinajstić information content (AvgIpc) is 2.47. The van der Waals surface area contributed by atoms with Gasteiger partial charge in [-0.15, -0.1) is 0 Å². The Kier molecular flexibility index (Phi) is 4.40. The number of nitrogens with one attached hydrogen (secondary N) is 1. The number of benzene rings is 1. The summed E-state index contributed by atoms with van der Waals surface area (Å²) >= 11 is 0. The molecule has 0 fully saturated rings. The van der Waals surface area contributed by atoms with Crippen molar-refractivity contribution in [3.8, 4) is 11.6 Å². The molecule has 3 heteroatoms. The van der Waals surface area contributed by atoms with E-state index in [-0.39, 0.29) is 6.04 Å². The van der Waals surface area contributed by atoms with Crippen molar-refractivity contribution in [3.05, 3.63) is 52.7 Å². The molecule has 0 radical (unpaired) electrons. The Balaban J connectivity index is 2.43. The number of nitrogens with zero attached hydrogens (tertiary/aromatic N) is 1. The summed E-state index contributed by atoms with van der Waals surface area (Å²) in [5, 5.41) is 3.23. The Morgan fingerprint density at radius 3 is 2.50 bits per heavy atom. The SMILES string of the molecule is CNC(C)c1cccnc1Oc1c(C)ccc(C)c1C. The highest BCUT2D eigenvalue weighted by Gasteiger charge is 2.14. The van der Waals surface area contributed by atoms with Crippen molar-refractivity contribution in [2.75, 3.05) is 7.05 Å². The molecule has 1 N–H and O–H groups in total. The Morgan fingerprint density at radius 1 is 1.10 bits per heavy atom. The molecule has 0 bridgehead atoms. The van der Waals surface area contributed by atoms with Crippen LogP contribution in [-0.4, -0.2) is 12.0 Å². The lowest BCUT2D eigenvalue weighted by Crippen LogP contribution is -2.13. The molecule has 3 nitrogen and oxygen atoms in total. The van der Waals surface area contributed by atoms with Crippen LogP contribution in [0, 0.1) is 20.8 Å². The monoisotopic (exact) mass is 270 g/mol. The molecule has 1 heterocycles. The van der Waals surface area contributed by atoms with E-state index in [1.807, 2.05) is 19.2 Å². The first-order chi connectivity index (χ1) is 9.54. The van der Waals surface area contributed by atoms with Gasteiger partial charge in [0.2, 0.25) is 5.88 Å². The van der Waals surface area contributed by atoms with Crippen LogP contribution in [0.15, 0.2) is 30.5 Å². The fourth-order valence-corrected chi connectivity index (χ4v) is 2.15. The largest absolute Gasteiger partial charge is 0.438 e. The van der Waals surface area contributed by atoms with Gasteiger partial charge in [-0.3, -0.25) is 0 Å². The minimum absolute atomic E-state index is 0.198. The molecule has 1 aromatic heterocycles. The van der Waals surface area contributed by atoms with Crippen molar-refractivity contribution < 1.29 is 4.74 Å². The van der Waals surface area contributed by atoms with Gasteiger partial charge in [0.05, 0.1) is 0 Å². The van der Waals surface area contributed by atoms with Crippen molar-refractivity contribution in [1.82, 2.24) is 10.3 Å². The van der Waals surface area contributed by atoms with E-state index in [9.17, 15) is 0 Å². The summed E-state index contributed by atoms with van der Waals surface area (Å²) in [6.07, 6.45) is 1.77. The topological polar surface area (TPSA) is 34.2 Å². The van der Waals surface area contributed by atoms with Crippen LogP contribution in [0.3, 0.4) is 0 Å². The third kappa shape index (κ3) is 2.83. The first-order valence-electron chi connectivity index (χ1n) is 6.91. The normalized spacial score (nSPS) is 12.2. The third-order valence-electron chi connectivity index (χ3n) is 3.77. The minimum atomic E-state index is 0.198. The predicted molar refractivity (Wildman–Crippen MR) is 82.4 cm³/mol. The summed E-state index contributed by atoms with van der Waals surface area (Å²) in [6, 6.07) is 8.38. The van der Waals surface area contributed by atoms with E-state index in [0.717, 1.165) is 16.9 Å². The molecule has 20 heavy (non-hydrogen) atoms. The van der Waals surface area contributed by atoms with E-state index in [4.69, 9.17) is 4.74 Å². The Morgan fingerprint density at radius 2 is 1.80 bits per heavy atom. The van der Waals surface area contributed by atoms with Crippen molar-refractivity contribution in [2.24, 2.45) is 0 Å². The van der Waals surface area contributed by atoms with Crippen molar-refractivity contribution in [2.45, 2.75) is 33.7 Å². The van der Waals surface area contributed by atoms with Crippen LogP contribution in [-0.2, 0) is 0 Å². The van der Waals surface area contributed by atoms with Crippen LogP contribution in [0.2, 0.25) is 0 Å². The van der Waals surface area contributed by atoms with Gasteiger partial charge in [0.25, 0.3) is 0 Å². The number of rotatable bonds is 4. The molecule has 1 unspecified atom stereocenters. The van der Waals surface area contributed by atoms with Gasteiger partial charge in [-0.1, -0.05) is 18.2 Å². The van der Waals surface area contributed by atoms with Crippen LogP contribution in [0.4, 0.5) is 0 Å². The summed E-state index contributed by atoms with van der Waals surface area (Å²) in [5.74, 6) is 1.58. The van der Waals surface area contributed by atoms with E-state index < -0.39 is 0 Å². The van der Waals surface area contributed by atoms with Crippen molar-refractivity contribution in [3.63, 3.8) is 0 Å². The standard InChI is InChI=1S/C17H22N2O/c1-11-8-9-12(2)16(13(11)3)20-17-15(14(4)18-5)7-6-10-19-17/h6-10,14,18H,1-5H3. The maximum Gasteiger partial charge on any atom is 0.224 e. The van der Waals surface area contributed by atoms with Crippen LogP contribution >= 0.6 is 0 Å². The zero-order valence-electron chi connectivity index (χ0n) is 12.8. The lowest BCUT2D eigenvalue weighted by Gasteiger charge is -2.18. The fraction of sp³-hybridized carbons (Fsp3) is 0.353. The van der Waals surface area contributed by atoms with Gasteiger partial charge in [-0.05, 0) is 57.5 Å². The van der Waals surface area contributed by atoms with E-state index >= 15 is 0 Å². The van der Waals surface area contributed by atoms with Crippen molar-refractivity contribution in [1.29, 1.82) is 0 Å². The van der Waals surface area contributed by atoms with Crippen LogP contribution < -0.4 is 10.1 Å². The van der Waals surface area contributed by atoms with Gasteiger partial charge in [0.1, 0.15) is 5.75 Å². The van der Waals surface area contributed by atoms with E-state index in [1.165, 1.54) is 11.1 Å². The second-order valence-electron chi connectivity index (χ2n) is 5.16. The molecule has 0 spiro atoms. The average molecular weight is 270 g/mol. The summed E-state index contributed by atoms with van der Waals surface area (Å²) in [7, 11) is 1.94. The summed E-state index contributed by atoms with van der Waals surface area (Å²) in [5.41, 5.74) is 4.58. The first kappa shape index (κ1) is 14.5. The molecule has 106 valence electrons. The van der Waals surface area contributed by atoms with E-state index in [2.05, 4.69) is 50.1 Å². The molecule has 0 saturated heterocycles. The highest BCUT2D eigenvalue weighted by Crippen LogP contribution is 2.32. The number of pyridine rings is 1. The van der Waals surface area contributed by atoms with Gasteiger partial charge < -0.3 is 10.1 Å². The van der Waals surface area contributed by atoms with E-state index in [1.54, 1.807) is 6.20 Å². The predicted octanol–water partition coefficient (Wildman–Crippen LogP) is 4.08. The lowest BCUT2D eigenvalue weighted by atomic mass is 10.1. The van der Waals surface area contributed by atoms with Gasteiger partial charge in [-0.2, -0.15) is 0 Å². The second kappa shape index (κ2) is 6.06. The van der Waals surface area contributed by atoms with Gasteiger partial charge in [-0.25, -0.2) is 4.98 Å². The van der Waals surface area contributed by atoms with E-state index in [0.29, 0.717) is 5.88 Å². The lowest BCUT2D eigenvalue weighted by molar-refractivity contribution is 0.440. The summed E-state index contributed by atoms with van der Waals surface area (Å²) < 4.78 is 6.12. The molecular weight excluding hydrogens is 248 g/mol. The molecule has 0 aliphatic carbocycles. The van der Waals surface area contributed by atoms with Crippen LogP contribution in [0.25, 0.3) is 0 Å². The smallest absolute Gasteiger partial charge is 0.224 e. The number of hydrogen-bond donors (Lipinski definition) is 1. The quantitative estimate of drug-likeness (QED) is 0.909. The Labute approximate surface area is 121 Å². The summed E-state index contributed by atoms with van der Waals surface area (Å²) in [4.78, 5) is 4.39. The molecule has 0 aliphatic rings. The van der Waals surface area contributed by atoms with Crippen LogP contribution in [0.1, 0.15) is 35.2 Å². The number of hydrogen-bond acceptors (Lipinski definition) is 3. The molecule has 0 amide bonds. The Bertz CT molecular complexity index is 608. The molecule has 1 atom stereocenters. The third-order valence-corrected chi connectivity index (χ3v) is 3.77. The molecule has 0 aliphatic heterocycles. The zero-order chi connectivity index (χ0) is 14.7. The van der Waals surface area contributed by atoms with Gasteiger partial charge in [0.15, 0.2) is 0 Å². The molecule has 2 aromatic rings. The highest BCUT2D eigenvalue weighted by molar-refractivity contribution is 5.47. The molecule has 0 saturated carbocycles. The number of aryl methyl sites for hydroxylation is 2. The minimum Gasteiger partial charge on any atom is -0.438 e. The first-order valence-corrected chi connectivity index (χ1v) is 6.91. The maximum atomic E-state index is 6.12. The van der Waals surface area contributed by atoms with Gasteiger partial charge >= 0.3 is 0 Å². The highest BCUT2D eigenvalue weighted by atomic mass is 16.5. The second-order valence-corrected chi connectivity index (χ2v) is 5.16. The molecule has 1 aromatic carbocycles. The van der Waals surface area contributed by atoms with Crippen molar-refractivity contribution >= 4 is 0 Å². The van der Waals surface area contributed by atoms with Crippen LogP contribution in [0.5, 0.6) is 11.6 Å². The molecule has 2 rings (SSSR count). The fourth-order valence-electron chi connectivity index (χ4n) is 2.15. The maximum absolute atomic E-state index is 6.12. The van der Waals surface area contributed by atoms with Gasteiger partial charge in [0, 0.05) is 17.8 Å².